The Bertz CT molecular complexity index is 201. The van der Waals surface area contributed by atoms with Gasteiger partial charge in [0.25, 0.3) is 0 Å². The highest BCUT2D eigenvalue weighted by molar-refractivity contribution is 4.94. The van der Waals surface area contributed by atoms with Gasteiger partial charge in [0.2, 0.25) is 0 Å². The molecule has 0 amide bonds. The van der Waals surface area contributed by atoms with Crippen molar-refractivity contribution in [3.63, 3.8) is 0 Å². The van der Waals surface area contributed by atoms with Gasteiger partial charge >= 0.3 is 0 Å². The lowest BCUT2D eigenvalue weighted by Gasteiger charge is -2.32. The molecule has 1 atom stereocenters. The van der Waals surface area contributed by atoms with Gasteiger partial charge in [-0.05, 0) is 50.9 Å². The topological polar surface area (TPSA) is 12.0 Å². The summed E-state index contributed by atoms with van der Waals surface area (Å²) in [5.74, 6) is 1.02. The fourth-order valence-electron chi connectivity index (χ4n) is 3.02. The van der Waals surface area contributed by atoms with Gasteiger partial charge in [0, 0.05) is 12.1 Å². The van der Waals surface area contributed by atoms with Gasteiger partial charge in [0.05, 0.1) is 0 Å². The van der Waals surface area contributed by atoms with Crippen molar-refractivity contribution in [3.05, 3.63) is 12.2 Å². The number of nitrogens with one attached hydrogen (secondary N) is 1. The Balaban J connectivity index is 1.69. The molecule has 0 saturated heterocycles. The highest BCUT2D eigenvalue weighted by Gasteiger charge is 2.22. The van der Waals surface area contributed by atoms with E-state index in [1.54, 1.807) is 0 Å². The van der Waals surface area contributed by atoms with Gasteiger partial charge in [-0.25, -0.2) is 0 Å². The van der Waals surface area contributed by atoms with Crippen LogP contribution in [0.1, 0.15) is 58.3 Å². The molecular weight excluding hydrogens is 182 g/mol. The lowest BCUT2D eigenvalue weighted by atomic mass is 9.84. The van der Waals surface area contributed by atoms with Gasteiger partial charge in [0.15, 0.2) is 0 Å². The van der Waals surface area contributed by atoms with Gasteiger partial charge in [-0.2, -0.15) is 0 Å². The van der Waals surface area contributed by atoms with Gasteiger partial charge in [-0.1, -0.05) is 25.5 Å². The third-order valence-corrected chi connectivity index (χ3v) is 4.16. The number of hydrogen-bond donors (Lipinski definition) is 1. The zero-order valence-corrected chi connectivity index (χ0v) is 10.0. The van der Waals surface area contributed by atoms with Gasteiger partial charge in [0.1, 0.15) is 0 Å². The molecule has 1 N–H and O–H groups in total. The fourth-order valence-corrected chi connectivity index (χ4v) is 3.02. The average Bonchev–Trinajstić information content (AvgIpc) is 2.31. The minimum absolute atomic E-state index is 0.776. The maximum Gasteiger partial charge on any atom is 0.0107 e. The molecule has 1 saturated carbocycles. The molecule has 0 spiro atoms. The third kappa shape index (κ3) is 3.34. The SMILES string of the molecule is CCC1CCC(NC2CC=CCC2)CC1. The van der Waals surface area contributed by atoms with Crippen LogP contribution < -0.4 is 5.32 Å². The summed E-state index contributed by atoms with van der Waals surface area (Å²) in [6.45, 7) is 2.34. The van der Waals surface area contributed by atoms with Gasteiger partial charge in [-0.3, -0.25) is 0 Å². The summed E-state index contributed by atoms with van der Waals surface area (Å²) < 4.78 is 0. The second-order valence-electron chi connectivity index (χ2n) is 5.27. The average molecular weight is 207 g/mol. The molecule has 2 rings (SSSR count). The van der Waals surface area contributed by atoms with Crippen LogP contribution in [0.15, 0.2) is 12.2 Å². The number of allylic oxidation sites excluding steroid dienone is 1. The summed E-state index contributed by atoms with van der Waals surface area (Å²) in [5.41, 5.74) is 0. The van der Waals surface area contributed by atoms with Crippen molar-refractivity contribution in [2.24, 2.45) is 5.92 Å². The summed E-state index contributed by atoms with van der Waals surface area (Å²) in [7, 11) is 0. The second kappa shape index (κ2) is 5.69. The normalized spacial score (nSPS) is 36.7. The fraction of sp³-hybridized carbons (Fsp3) is 0.857. The highest BCUT2D eigenvalue weighted by Crippen LogP contribution is 2.27. The zero-order chi connectivity index (χ0) is 10.5. The second-order valence-corrected chi connectivity index (χ2v) is 5.27. The maximum atomic E-state index is 3.85. The monoisotopic (exact) mass is 207 g/mol. The Kier molecular flexibility index (Phi) is 4.25. The van der Waals surface area contributed by atoms with E-state index >= 15 is 0 Å². The van der Waals surface area contributed by atoms with Gasteiger partial charge in [-0.15, -0.1) is 0 Å². The van der Waals surface area contributed by atoms with Crippen LogP contribution in [0.2, 0.25) is 0 Å². The molecule has 86 valence electrons. The first kappa shape index (κ1) is 11.2. The molecule has 2 aliphatic rings. The zero-order valence-electron chi connectivity index (χ0n) is 10.0. The van der Waals surface area contributed by atoms with Crippen LogP contribution in [0.5, 0.6) is 0 Å². The molecule has 0 radical (unpaired) electrons. The van der Waals surface area contributed by atoms with Crippen LogP contribution in [-0.4, -0.2) is 12.1 Å². The molecule has 1 unspecified atom stereocenters. The summed E-state index contributed by atoms with van der Waals surface area (Å²) >= 11 is 0. The van der Waals surface area contributed by atoms with Crippen molar-refractivity contribution in [2.75, 3.05) is 0 Å². The van der Waals surface area contributed by atoms with E-state index < -0.39 is 0 Å². The molecule has 2 aliphatic carbocycles. The molecule has 0 aromatic carbocycles. The molecule has 0 aromatic rings. The van der Waals surface area contributed by atoms with E-state index in [9.17, 15) is 0 Å². The van der Waals surface area contributed by atoms with Crippen LogP contribution in [0, 0.1) is 5.92 Å². The molecule has 1 fully saturated rings. The first-order valence-corrected chi connectivity index (χ1v) is 6.79. The number of hydrogen-bond acceptors (Lipinski definition) is 1. The summed E-state index contributed by atoms with van der Waals surface area (Å²) in [5, 5.41) is 3.85. The molecule has 15 heavy (non-hydrogen) atoms. The van der Waals surface area contributed by atoms with E-state index in [1.165, 1.54) is 51.4 Å². The Morgan fingerprint density at radius 1 is 1.00 bits per heavy atom. The third-order valence-electron chi connectivity index (χ3n) is 4.16. The number of rotatable bonds is 3. The minimum Gasteiger partial charge on any atom is -0.311 e. The van der Waals surface area contributed by atoms with Gasteiger partial charge < -0.3 is 5.32 Å². The van der Waals surface area contributed by atoms with Crippen molar-refractivity contribution in [1.29, 1.82) is 0 Å². The molecule has 0 aliphatic heterocycles. The van der Waals surface area contributed by atoms with Crippen molar-refractivity contribution in [2.45, 2.75) is 70.4 Å². The molecule has 0 heterocycles. The first-order chi connectivity index (χ1) is 7.38. The standard InChI is InChI=1S/C14H25N/c1-2-12-8-10-14(11-9-12)15-13-6-4-3-5-7-13/h3-4,12-15H,2,5-11H2,1H3. The Morgan fingerprint density at radius 3 is 2.40 bits per heavy atom. The molecular formula is C14H25N. The molecule has 1 nitrogen and oxygen atoms in total. The van der Waals surface area contributed by atoms with E-state index in [-0.39, 0.29) is 0 Å². The van der Waals surface area contributed by atoms with E-state index in [0.717, 1.165) is 18.0 Å². The van der Waals surface area contributed by atoms with E-state index in [2.05, 4.69) is 24.4 Å². The van der Waals surface area contributed by atoms with Crippen LogP contribution >= 0.6 is 0 Å². The molecule has 0 aromatic heterocycles. The highest BCUT2D eigenvalue weighted by atomic mass is 14.9. The Morgan fingerprint density at radius 2 is 1.80 bits per heavy atom. The van der Waals surface area contributed by atoms with E-state index in [4.69, 9.17) is 0 Å². The predicted molar refractivity (Wildman–Crippen MR) is 66.0 cm³/mol. The molecule has 0 bridgehead atoms. The largest absolute Gasteiger partial charge is 0.311 e. The maximum absolute atomic E-state index is 3.85. The molecule has 1 heteroatoms. The lowest BCUT2D eigenvalue weighted by molar-refractivity contribution is 0.264. The Labute approximate surface area is 94.3 Å². The lowest BCUT2D eigenvalue weighted by Crippen LogP contribution is -2.40. The minimum atomic E-state index is 0.776. The first-order valence-electron chi connectivity index (χ1n) is 6.79. The van der Waals surface area contributed by atoms with E-state index in [1.807, 2.05) is 0 Å². The van der Waals surface area contributed by atoms with Crippen molar-refractivity contribution in [3.8, 4) is 0 Å². The summed E-state index contributed by atoms with van der Waals surface area (Å²) in [6.07, 6.45) is 15.7. The van der Waals surface area contributed by atoms with Crippen LogP contribution in [-0.2, 0) is 0 Å². The van der Waals surface area contributed by atoms with Crippen LogP contribution in [0.3, 0.4) is 0 Å². The van der Waals surface area contributed by atoms with Crippen LogP contribution in [0.4, 0.5) is 0 Å². The Hall–Kier alpha value is -0.300. The predicted octanol–water partition coefficient (Wildman–Crippen LogP) is 3.65. The smallest absolute Gasteiger partial charge is 0.0107 e. The van der Waals surface area contributed by atoms with E-state index in [0.29, 0.717) is 0 Å². The van der Waals surface area contributed by atoms with Crippen molar-refractivity contribution >= 4 is 0 Å². The quantitative estimate of drug-likeness (QED) is 0.696. The van der Waals surface area contributed by atoms with Crippen LogP contribution in [0.25, 0.3) is 0 Å². The van der Waals surface area contributed by atoms with Crippen molar-refractivity contribution < 1.29 is 0 Å². The summed E-state index contributed by atoms with van der Waals surface area (Å²) in [4.78, 5) is 0. The van der Waals surface area contributed by atoms with Crippen molar-refractivity contribution in [1.82, 2.24) is 5.32 Å². The summed E-state index contributed by atoms with van der Waals surface area (Å²) in [6, 6.07) is 1.60.